The monoisotopic (exact) mass is 480 g/mol. The van der Waals surface area contributed by atoms with Crippen molar-refractivity contribution in [1.29, 1.82) is 0 Å². The Morgan fingerprint density at radius 3 is 2.29 bits per heavy atom. The van der Waals surface area contributed by atoms with Crippen LogP contribution in [0.25, 0.3) is 10.2 Å². The fourth-order valence-corrected chi connectivity index (χ4v) is 5.85. The van der Waals surface area contributed by atoms with Gasteiger partial charge in [0.1, 0.15) is 17.2 Å². The van der Waals surface area contributed by atoms with Crippen LogP contribution in [0.2, 0.25) is 0 Å². The van der Waals surface area contributed by atoms with Gasteiger partial charge in [0.05, 0.1) is 11.9 Å². The summed E-state index contributed by atoms with van der Waals surface area (Å²) in [5.41, 5.74) is 3.96. The van der Waals surface area contributed by atoms with E-state index in [2.05, 4.69) is 56.1 Å². The van der Waals surface area contributed by atoms with Crippen LogP contribution < -0.4 is 10.9 Å². The van der Waals surface area contributed by atoms with E-state index in [-0.39, 0.29) is 29.8 Å². The van der Waals surface area contributed by atoms with Gasteiger partial charge in [-0.1, -0.05) is 45.9 Å². The van der Waals surface area contributed by atoms with E-state index in [1.807, 2.05) is 13.8 Å². The van der Waals surface area contributed by atoms with E-state index in [1.165, 1.54) is 0 Å². The van der Waals surface area contributed by atoms with Crippen molar-refractivity contribution in [2.45, 2.75) is 79.3 Å². The summed E-state index contributed by atoms with van der Waals surface area (Å²) in [5, 5.41) is 3.81. The highest BCUT2D eigenvalue weighted by Gasteiger charge is 2.22. The van der Waals surface area contributed by atoms with Crippen molar-refractivity contribution in [1.82, 2.24) is 14.5 Å². The number of para-hydroxylation sites is 1. The predicted octanol–water partition coefficient (Wildman–Crippen LogP) is 5.56. The van der Waals surface area contributed by atoms with Gasteiger partial charge in [-0.2, -0.15) is 0 Å². The maximum absolute atomic E-state index is 13.6. The topological polar surface area (TPSA) is 67.2 Å². The van der Waals surface area contributed by atoms with Gasteiger partial charge in [-0.25, -0.2) is 4.98 Å². The number of aromatic nitrogens is 2. The highest BCUT2D eigenvalue weighted by atomic mass is 32.1. The van der Waals surface area contributed by atoms with Gasteiger partial charge in [0.2, 0.25) is 5.91 Å². The number of nitrogens with zero attached hydrogens (tertiary/aromatic N) is 3. The van der Waals surface area contributed by atoms with Crippen LogP contribution in [0.5, 0.6) is 0 Å². The Balaban J connectivity index is 1.73. The lowest BCUT2D eigenvalue weighted by Gasteiger charge is -2.21. The van der Waals surface area contributed by atoms with Crippen LogP contribution >= 0.6 is 11.3 Å². The zero-order valence-electron chi connectivity index (χ0n) is 21.2. The number of aryl methyl sites for hydroxylation is 2. The van der Waals surface area contributed by atoms with Gasteiger partial charge in [0.25, 0.3) is 5.56 Å². The molecule has 1 aromatic carbocycles. The summed E-state index contributed by atoms with van der Waals surface area (Å²) in [5.74, 6) is 1.04. The molecule has 0 radical (unpaired) electrons. The number of nitrogens with one attached hydrogen (secondary N) is 1. The Morgan fingerprint density at radius 2 is 1.71 bits per heavy atom. The van der Waals surface area contributed by atoms with E-state index in [0.717, 1.165) is 58.0 Å². The molecule has 0 bridgehead atoms. The molecule has 3 aromatic rings. The molecule has 6 nitrogen and oxygen atoms in total. The van der Waals surface area contributed by atoms with E-state index < -0.39 is 0 Å². The smallest absolute Gasteiger partial charge is 0.263 e. The van der Waals surface area contributed by atoms with Crippen molar-refractivity contribution in [3.8, 4) is 0 Å². The minimum Gasteiger partial charge on any atom is -0.324 e. The molecular formula is C27H36N4O2S. The van der Waals surface area contributed by atoms with E-state index >= 15 is 0 Å². The van der Waals surface area contributed by atoms with Gasteiger partial charge in [-0.3, -0.25) is 19.1 Å². The third-order valence-corrected chi connectivity index (χ3v) is 7.97. The molecule has 0 saturated carbocycles. The SMILES string of the molecule is Cc1sc2nc(CN3CCCC3)n(CC(=O)Nc3c(C(C)C)cccc3C(C)C)c(=O)c2c1C. The molecule has 7 heteroatoms. The number of carbonyl (C=O) groups excluding carboxylic acids is 1. The Hall–Kier alpha value is -2.51. The van der Waals surface area contributed by atoms with Gasteiger partial charge >= 0.3 is 0 Å². The normalized spacial score (nSPS) is 14.6. The fraction of sp³-hybridized carbons (Fsp3) is 0.519. The molecule has 3 heterocycles. The lowest BCUT2D eigenvalue weighted by molar-refractivity contribution is -0.116. The molecule has 0 unspecified atom stereocenters. The maximum Gasteiger partial charge on any atom is 0.263 e. The lowest BCUT2D eigenvalue weighted by atomic mass is 9.92. The molecule has 34 heavy (non-hydrogen) atoms. The Bertz CT molecular complexity index is 1240. The molecule has 1 fully saturated rings. The number of thiophene rings is 1. The summed E-state index contributed by atoms with van der Waals surface area (Å²) in [6.07, 6.45) is 2.32. The molecule has 182 valence electrons. The molecule has 4 rings (SSSR count). The molecule has 0 atom stereocenters. The van der Waals surface area contributed by atoms with E-state index in [1.54, 1.807) is 15.9 Å². The number of amides is 1. The molecule has 0 aliphatic carbocycles. The first kappa shape index (κ1) is 24.6. The summed E-state index contributed by atoms with van der Waals surface area (Å²) >= 11 is 1.56. The standard InChI is InChI=1S/C27H36N4O2S/c1-16(2)20-10-9-11-21(17(3)4)25(20)29-23(32)15-31-22(14-30-12-7-8-13-30)28-26-24(27(31)33)18(5)19(6)34-26/h9-11,16-17H,7-8,12-15H2,1-6H3,(H,29,32). The molecule has 1 saturated heterocycles. The molecular weight excluding hydrogens is 444 g/mol. The molecule has 1 amide bonds. The van der Waals surface area contributed by atoms with Crippen molar-refractivity contribution in [3.63, 3.8) is 0 Å². The molecule has 1 aliphatic heterocycles. The van der Waals surface area contributed by atoms with Crippen LogP contribution in [0, 0.1) is 13.8 Å². The number of anilines is 1. The second-order valence-electron chi connectivity index (χ2n) is 10.0. The summed E-state index contributed by atoms with van der Waals surface area (Å²) in [6, 6.07) is 6.20. The van der Waals surface area contributed by atoms with Crippen molar-refractivity contribution in [2.75, 3.05) is 18.4 Å². The second-order valence-corrected chi connectivity index (χ2v) is 11.2. The average molecular weight is 481 g/mol. The Kier molecular flexibility index (Phi) is 7.24. The quantitative estimate of drug-likeness (QED) is 0.481. The average Bonchev–Trinajstić information content (AvgIpc) is 3.38. The first-order valence-electron chi connectivity index (χ1n) is 12.3. The summed E-state index contributed by atoms with van der Waals surface area (Å²) < 4.78 is 1.60. The minimum absolute atomic E-state index is 0.0384. The Labute approximate surface area is 206 Å². The number of fused-ring (bicyclic) bond motifs is 1. The molecule has 2 aromatic heterocycles. The molecule has 0 spiro atoms. The van der Waals surface area contributed by atoms with Gasteiger partial charge in [-0.05, 0) is 68.3 Å². The van der Waals surface area contributed by atoms with Gasteiger partial charge in [0.15, 0.2) is 0 Å². The van der Waals surface area contributed by atoms with Crippen molar-refractivity contribution >= 4 is 33.1 Å². The third-order valence-electron chi connectivity index (χ3n) is 6.87. The van der Waals surface area contributed by atoms with Crippen LogP contribution in [-0.4, -0.2) is 33.4 Å². The number of carbonyl (C=O) groups is 1. The van der Waals surface area contributed by atoms with E-state index in [4.69, 9.17) is 4.98 Å². The van der Waals surface area contributed by atoms with Crippen molar-refractivity contribution in [2.24, 2.45) is 0 Å². The first-order valence-corrected chi connectivity index (χ1v) is 13.1. The van der Waals surface area contributed by atoms with Crippen molar-refractivity contribution < 1.29 is 4.79 Å². The summed E-state index contributed by atoms with van der Waals surface area (Å²) in [7, 11) is 0. The second kappa shape index (κ2) is 10.0. The van der Waals surface area contributed by atoms with Crippen LogP contribution in [0.4, 0.5) is 5.69 Å². The van der Waals surface area contributed by atoms with Crippen LogP contribution in [0.1, 0.15) is 79.8 Å². The van der Waals surface area contributed by atoms with Gasteiger partial charge < -0.3 is 5.32 Å². The first-order chi connectivity index (χ1) is 16.2. The maximum atomic E-state index is 13.6. The summed E-state index contributed by atoms with van der Waals surface area (Å²) in [6.45, 7) is 15.1. The lowest BCUT2D eigenvalue weighted by Crippen LogP contribution is -2.34. The van der Waals surface area contributed by atoms with Crippen LogP contribution in [0.15, 0.2) is 23.0 Å². The predicted molar refractivity (Wildman–Crippen MR) is 141 cm³/mol. The number of hydrogen-bond donors (Lipinski definition) is 1. The summed E-state index contributed by atoms with van der Waals surface area (Å²) in [4.78, 5) is 36.1. The van der Waals surface area contributed by atoms with E-state index in [9.17, 15) is 9.59 Å². The van der Waals surface area contributed by atoms with Crippen molar-refractivity contribution in [3.05, 3.63) is 55.9 Å². The minimum atomic E-state index is -0.189. The van der Waals surface area contributed by atoms with Crippen LogP contribution in [0.3, 0.4) is 0 Å². The van der Waals surface area contributed by atoms with E-state index in [0.29, 0.717) is 17.8 Å². The van der Waals surface area contributed by atoms with Gasteiger partial charge in [0, 0.05) is 10.6 Å². The molecule has 1 N–H and O–H groups in total. The largest absolute Gasteiger partial charge is 0.324 e. The zero-order chi connectivity index (χ0) is 24.6. The highest BCUT2D eigenvalue weighted by Crippen LogP contribution is 2.32. The fourth-order valence-electron chi connectivity index (χ4n) is 4.81. The number of hydrogen-bond acceptors (Lipinski definition) is 5. The van der Waals surface area contributed by atoms with Gasteiger partial charge in [-0.15, -0.1) is 11.3 Å². The third kappa shape index (κ3) is 4.82. The number of benzene rings is 1. The number of rotatable bonds is 7. The molecule has 1 aliphatic rings. The Morgan fingerprint density at radius 1 is 1.09 bits per heavy atom. The zero-order valence-corrected chi connectivity index (χ0v) is 22.0. The number of likely N-dealkylation sites (tertiary alicyclic amines) is 1. The highest BCUT2D eigenvalue weighted by molar-refractivity contribution is 7.18. The van der Waals surface area contributed by atoms with Crippen LogP contribution in [-0.2, 0) is 17.9 Å².